The van der Waals surface area contributed by atoms with E-state index in [2.05, 4.69) is 31.4 Å². The van der Waals surface area contributed by atoms with Gasteiger partial charge in [-0.25, -0.2) is 0 Å². The Labute approximate surface area is 260 Å². The Bertz CT molecular complexity index is 495. The van der Waals surface area contributed by atoms with Crippen LogP contribution in [0, 0.1) is 0 Å². The predicted molar refractivity (Wildman–Crippen MR) is 185 cm³/mol. The first kappa shape index (κ1) is 40.4. The summed E-state index contributed by atoms with van der Waals surface area (Å²) >= 11 is 0. The van der Waals surface area contributed by atoms with E-state index in [0.29, 0.717) is 12.5 Å². The van der Waals surface area contributed by atoms with Crippen LogP contribution in [-0.2, 0) is 4.79 Å². The van der Waals surface area contributed by atoms with Gasteiger partial charge in [0.1, 0.15) is 0 Å². The Morgan fingerprint density at radius 3 is 1.12 bits per heavy atom. The molecule has 246 valence electrons. The van der Waals surface area contributed by atoms with Gasteiger partial charge in [-0.1, -0.05) is 194 Å². The molecule has 0 aromatic carbocycles. The Kier molecular flexibility index (Phi) is 35.1. The molecule has 0 aromatic rings. The highest BCUT2D eigenvalue weighted by atomic mass is 16.1. The molecule has 3 nitrogen and oxygen atoms in total. The largest absolute Gasteiger partial charge is 0.355 e. The van der Waals surface area contributed by atoms with Crippen molar-refractivity contribution in [3.05, 3.63) is 0 Å². The van der Waals surface area contributed by atoms with Crippen LogP contribution in [0.25, 0.3) is 0 Å². The first-order valence-electron chi connectivity index (χ1n) is 19.2. The smallest absolute Gasteiger partial charge is 0.220 e. The molecular weight excluding hydrogens is 500 g/mol. The van der Waals surface area contributed by atoms with E-state index in [1.54, 1.807) is 0 Å². The van der Waals surface area contributed by atoms with Gasteiger partial charge in [0.05, 0.1) is 0 Å². The zero-order valence-corrected chi connectivity index (χ0v) is 28.8. The van der Waals surface area contributed by atoms with Crippen LogP contribution in [0.5, 0.6) is 0 Å². The van der Waals surface area contributed by atoms with E-state index in [0.717, 1.165) is 19.5 Å². The van der Waals surface area contributed by atoms with Gasteiger partial charge in [-0.3, -0.25) is 4.79 Å². The summed E-state index contributed by atoms with van der Waals surface area (Å²) in [5, 5.41) is 6.70. The molecule has 0 saturated carbocycles. The van der Waals surface area contributed by atoms with E-state index in [-0.39, 0.29) is 5.91 Å². The summed E-state index contributed by atoms with van der Waals surface area (Å²) in [6, 6.07) is 0.555. The van der Waals surface area contributed by atoms with Crippen molar-refractivity contribution in [2.24, 2.45) is 0 Å². The van der Waals surface area contributed by atoms with E-state index < -0.39 is 0 Å². The fraction of sp³-hybridized carbons (Fsp3) is 0.974. The predicted octanol–water partition coefficient (Wildman–Crippen LogP) is 12.2. The Morgan fingerprint density at radius 1 is 0.439 bits per heavy atom. The number of nitrogens with one attached hydrogen (secondary N) is 2. The number of unbranched alkanes of at least 4 members (excludes halogenated alkanes) is 27. The highest BCUT2D eigenvalue weighted by Crippen LogP contribution is 2.15. The van der Waals surface area contributed by atoms with Crippen LogP contribution in [0.1, 0.15) is 220 Å². The molecule has 0 fully saturated rings. The van der Waals surface area contributed by atoms with Crippen molar-refractivity contribution in [1.82, 2.24) is 10.6 Å². The zero-order chi connectivity index (χ0) is 29.9. The van der Waals surface area contributed by atoms with E-state index in [1.165, 1.54) is 186 Å². The van der Waals surface area contributed by atoms with Crippen molar-refractivity contribution in [1.29, 1.82) is 0 Å². The van der Waals surface area contributed by atoms with Crippen LogP contribution in [0.3, 0.4) is 0 Å². The minimum Gasteiger partial charge on any atom is -0.355 e. The molecule has 0 aliphatic heterocycles. The number of hydrogen-bond acceptors (Lipinski definition) is 2. The Hall–Kier alpha value is -0.570. The van der Waals surface area contributed by atoms with Crippen molar-refractivity contribution >= 4 is 5.91 Å². The van der Waals surface area contributed by atoms with Gasteiger partial charge in [-0.15, -0.1) is 0 Å². The summed E-state index contributed by atoms with van der Waals surface area (Å²) in [7, 11) is 0. The zero-order valence-electron chi connectivity index (χ0n) is 28.8. The van der Waals surface area contributed by atoms with Crippen molar-refractivity contribution in [2.75, 3.05) is 13.1 Å². The van der Waals surface area contributed by atoms with Crippen molar-refractivity contribution in [3.8, 4) is 0 Å². The molecule has 41 heavy (non-hydrogen) atoms. The fourth-order valence-electron chi connectivity index (χ4n) is 6.01. The van der Waals surface area contributed by atoms with Crippen LogP contribution in [0.15, 0.2) is 0 Å². The molecule has 0 aliphatic carbocycles. The van der Waals surface area contributed by atoms with Gasteiger partial charge in [0.2, 0.25) is 5.91 Å². The number of hydrogen-bond donors (Lipinski definition) is 2. The Morgan fingerprint density at radius 2 is 0.756 bits per heavy atom. The number of carbonyl (C=O) groups excluding carboxylic acids is 1. The maximum Gasteiger partial charge on any atom is 0.220 e. The average molecular weight is 579 g/mol. The molecule has 0 heterocycles. The molecule has 0 radical (unpaired) electrons. The second kappa shape index (κ2) is 35.6. The molecule has 0 aliphatic rings. The maximum atomic E-state index is 12.1. The normalized spacial score (nSPS) is 12.2. The molecule has 1 unspecified atom stereocenters. The SMILES string of the molecule is CCCCCCCCCCCCCCCCCC(=O)NCCNC(C)CCCCCCCCCCCCCCCC. The maximum absolute atomic E-state index is 12.1. The van der Waals surface area contributed by atoms with Gasteiger partial charge in [-0.2, -0.15) is 0 Å². The molecule has 0 saturated heterocycles. The summed E-state index contributed by atoms with van der Waals surface area (Å²) in [6.45, 7) is 8.53. The molecule has 2 N–H and O–H groups in total. The quantitative estimate of drug-likeness (QED) is 0.0734. The van der Waals surface area contributed by atoms with Gasteiger partial charge < -0.3 is 10.6 Å². The highest BCUT2D eigenvalue weighted by Gasteiger charge is 2.03. The van der Waals surface area contributed by atoms with E-state index in [9.17, 15) is 4.79 Å². The van der Waals surface area contributed by atoms with Crippen LogP contribution in [0.2, 0.25) is 0 Å². The van der Waals surface area contributed by atoms with Crippen LogP contribution < -0.4 is 10.6 Å². The monoisotopic (exact) mass is 579 g/mol. The lowest BCUT2D eigenvalue weighted by Gasteiger charge is -2.14. The molecule has 0 aromatic heterocycles. The van der Waals surface area contributed by atoms with Crippen molar-refractivity contribution in [3.63, 3.8) is 0 Å². The second-order valence-electron chi connectivity index (χ2n) is 13.3. The van der Waals surface area contributed by atoms with Gasteiger partial charge in [0.25, 0.3) is 0 Å². The first-order chi connectivity index (χ1) is 20.2. The Balaban J connectivity index is 3.25. The van der Waals surface area contributed by atoms with Gasteiger partial charge in [0.15, 0.2) is 0 Å². The standard InChI is InChI=1S/C38H78N2O/c1-4-6-8-10-12-14-16-18-20-22-24-26-28-30-32-34-38(41)40-36-35-39-37(3)33-31-29-27-25-23-21-19-17-15-13-11-9-7-5-2/h37,39H,4-36H2,1-3H3,(H,40,41). The molecular formula is C38H78N2O. The third-order valence-corrected chi connectivity index (χ3v) is 8.94. The molecule has 0 spiro atoms. The first-order valence-corrected chi connectivity index (χ1v) is 19.2. The van der Waals surface area contributed by atoms with Crippen LogP contribution in [0.4, 0.5) is 0 Å². The number of amides is 1. The second-order valence-corrected chi connectivity index (χ2v) is 13.3. The minimum absolute atomic E-state index is 0.237. The van der Waals surface area contributed by atoms with Crippen LogP contribution >= 0.6 is 0 Å². The van der Waals surface area contributed by atoms with Crippen molar-refractivity contribution < 1.29 is 4.79 Å². The summed E-state index contributed by atoms with van der Waals surface area (Å²) < 4.78 is 0. The van der Waals surface area contributed by atoms with E-state index in [1.807, 2.05) is 0 Å². The van der Waals surface area contributed by atoms with E-state index in [4.69, 9.17) is 0 Å². The summed E-state index contributed by atoms with van der Waals surface area (Å²) in [5.41, 5.74) is 0. The van der Waals surface area contributed by atoms with E-state index >= 15 is 0 Å². The molecule has 1 atom stereocenters. The lowest BCUT2D eigenvalue weighted by Crippen LogP contribution is -2.35. The topological polar surface area (TPSA) is 41.1 Å². The van der Waals surface area contributed by atoms with Crippen molar-refractivity contribution in [2.45, 2.75) is 226 Å². The summed E-state index contributed by atoms with van der Waals surface area (Å²) in [6.07, 6.45) is 42.4. The third kappa shape index (κ3) is 35.5. The minimum atomic E-state index is 0.237. The van der Waals surface area contributed by atoms with Crippen LogP contribution in [-0.4, -0.2) is 25.0 Å². The fourth-order valence-corrected chi connectivity index (χ4v) is 6.01. The van der Waals surface area contributed by atoms with Gasteiger partial charge in [-0.05, 0) is 19.8 Å². The third-order valence-electron chi connectivity index (χ3n) is 8.94. The summed E-state index contributed by atoms with van der Waals surface area (Å²) in [4.78, 5) is 12.1. The molecule has 1 amide bonds. The van der Waals surface area contributed by atoms with Gasteiger partial charge in [0, 0.05) is 25.6 Å². The number of carbonyl (C=O) groups is 1. The molecule has 3 heteroatoms. The lowest BCUT2D eigenvalue weighted by molar-refractivity contribution is -0.121. The van der Waals surface area contributed by atoms with Gasteiger partial charge >= 0.3 is 0 Å². The lowest BCUT2D eigenvalue weighted by atomic mass is 10.0. The summed E-state index contributed by atoms with van der Waals surface area (Å²) in [5.74, 6) is 0.237. The molecule has 0 rings (SSSR count). The highest BCUT2D eigenvalue weighted by molar-refractivity contribution is 5.75. The number of rotatable bonds is 35. The molecule has 0 bridgehead atoms. The average Bonchev–Trinajstić information content (AvgIpc) is 2.97.